The van der Waals surface area contributed by atoms with Crippen LogP contribution >= 0.6 is 11.8 Å². The van der Waals surface area contributed by atoms with E-state index in [1.165, 1.54) is 23.9 Å². The van der Waals surface area contributed by atoms with E-state index >= 15 is 0 Å². The van der Waals surface area contributed by atoms with Gasteiger partial charge in [-0.25, -0.2) is 0 Å². The molecule has 0 spiro atoms. The number of rotatable bonds is 6. The molecular weight excluding hydrogens is 242 g/mol. The molecule has 17 heavy (non-hydrogen) atoms. The van der Waals surface area contributed by atoms with Crippen LogP contribution in [-0.4, -0.2) is 21.2 Å². The zero-order valence-corrected chi connectivity index (χ0v) is 10.1. The second-order valence-corrected chi connectivity index (χ2v) is 4.87. The fourth-order valence-corrected chi connectivity index (χ4v) is 2.37. The number of nitro benzene ring substituents is 1. The fraction of sp³-hybridized carbons (Fsp3) is 0.364. The van der Waals surface area contributed by atoms with Crippen molar-refractivity contribution < 1.29 is 14.8 Å². The standard InChI is InChI=1S/C11H13NO4S/c1-2-9(7-11(13)14)17-10-5-3-8(4-6-10)12(15)16/h3-6,9H,2,7H2,1H3,(H,13,14). The number of non-ortho nitro benzene ring substituents is 1. The van der Waals surface area contributed by atoms with Crippen molar-refractivity contribution in [2.75, 3.05) is 0 Å². The van der Waals surface area contributed by atoms with Crippen LogP contribution in [0.4, 0.5) is 5.69 Å². The van der Waals surface area contributed by atoms with Crippen molar-refractivity contribution in [1.29, 1.82) is 0 Å². The lowest BCUT2D eigenvalue weighted by molar-refractivity contribution is -0.384. The van der Waals surface area contributed by atoms with Gasteiger partial charge in [0.25, 0.3) is 5.69 Å². The molecule has 0 radical (unpaired) electrons. The lowest BCUT2D eigenvalue weighted by atomic mass is 10.2. The van der Waals surface area contributed by atoms with E-state index in [-0.39, 0.29) is 17.4 Å². The molecule has 0 aliphatic carbocycles. The molecule has 1 atom stereocenters. The summed E-state index contributed by atoms with van der Waals surface area (Å²) in [6, 6.07) is 6.15. The Morgan fingerprint density at radius 3 is 2.47 bits per heavy atom. The first kappa shape index (κ1) is 13.5. The van der Waals surface area contributed by atoms with E-state index in [1.807, 2.05) is 6.92 Å². The Morgan fingerprint density at radius 1 is 1.47 bits per heavy atom. The Balaban J connectivity index is 2.67. The lowest BCUT2D eigenvalue weighted by Gasteiger charge is -2.11. The van der Waals surface area contributed by atoms with Gasteiger partial charge in [-0.1, -0.05) is 6.92 Å². The van der Waals surface area contributed by atoms with Gasteiger partial charge in [0, 0.05) is 22.3 Å². The number of carboxylic acid groups (broad SMARTS) is 1. The Morgan fingerprint density at radius 2 is 2.06 bits per heavy atom. The van der Waals surface area contributed by atoms with Gasteiger partial charge in [-0.3, -0.25) is 14.9 Å². The molecule has 1 rings (SSSR count). The first-order chi connectivity index (χ1) is 8.02. The van der Waals surface area contributed by atoms with E-state index in [1.54, 1.807) is 12.1 Å². The van der Waals surface area contributed by atoms with Gasteiger partial charge in [-0.15, -0.1) is 11.8 Å². The summed E-state index contributed by atoms with van der Waals surface area (Å²) in [4.78, 5) is 21.5. The highest BCUT2D eigenvalue weighted by atomic mass is 32.2. The fourth-order valence-electron chi connectivity index (χ4n) is 1.30. The van der Waals surface area contributed by atoms with Crippen LogP contribution < -0.4 is 0 Å². The Labute approximate surface area is 103 Å². The summed E-state index contributed by atoms with van der Waals surface area (Å²) in [6.45, 7) is 1.92. The number of carbonyl (C=O) groups is 1. The minimum Gasteiger partial charge on any atom is -0.481 e. The molecule has 0 amide bonds. The zero-order chi connectivity index (χ0) is 12.8. The maximum atomic E-state index is 10.6. The van der Waals surface area contributed by atoms with Gasteiger partial charge in [0.2, 0.25) is 0 Å². The summed E-state index contributed by atoms with van der Waals surface area (Å²) < 4.78 is 0. The second-order valence-electron chi connectivity index (χ2n) is 3.50. The van der Waals surface area contributed by atoms with Gasteiger partial charge in [-0.2, -0.15) is 0 Å². The highest BCUT2D eigenvalue weighted by Crippen LogP contribution is 2.28. The van der Waals surface area contributed by atoms with Crippen molar-refractivity contribution in [1.82, 2.24) is 0 Å². The lowest BCUT2D eigenvalue weighted by Crippen LogP contribution is -2.08. The predicted octanol–water partition coefficient (Wildman–Crippen LogP) is 2.94. The maximum Gasteiger partial charge on any atom is 0.304 e. The molecule has 0 aliphatic heterocycles. The largest absolute Gasteiger partial charge is 0.481 e. The summed E-state index contributed by atoms with van der Waals surface area (Å²) in [5.41, 5.74) is 0.0423. The minimum atomic E-state index is -0.828. The van der Waals surface area contributed by atoms with E-state index in [4.69, 9.17) is 5.11 Å². The Bertz CT molecular complexity index is 404. The van der Waals surface area contributed by atoms with Gasteiger partial charge in [0.1, 0.15) is 0 Å². The SMILES string of the molecule is CCC(CC(=O)O)Sc1ccc([N+](=O)[O-])cc1. The average Bonchev–Trinajstić information content (AvgIpc) is 2.28. The van der Waals surface area contributed by atoms with Crippen LogP contribution in [0.2, 0.25) is 0 Å². The second kappa shape index (κ2) is 6.24. The van der Waals surface area contributed by atoms with E-state index in [2.05, 4.69) is 0 Å². The monoisotopic (exact) mass is 255 g/mol. The highest BCUT2D eigenvalue weighted by molar-refractivity contribution is 8.00. The molecule has 0 saturated heterocycles. The zero-order valence-electron chi connectivity index (χ0n) is 9.33. The molecule has 0 heterocycles. The molecule has 1 N–H and O–H groups in total. The molecule has 1 aromatic carbocycles. The number of thioether (sulfide) groups is 1. The van der Waals surface area contributed by atoms with Crippen LogP contribution in [-0.2, 0) is 4.79 Å². The third-order valence-electron chi connectivity index (χ3n) is 2.21. The smallest absolute Gasteiger partial charge is 0.304 e. The molecule has 1 unspecified atom stereocenters. The summed E-state index contributed by atoms with van der Waals surface area (Å²) in [7, 11) is 0. The van der Waals surface area contributed by atoms with Gasteiger partial charge in [0.15, 0.2) is 0 Å². The maximum absolute atomic E-state index is 10.6. The van der Waals surface area contributed by atoms with Crippen molar-refractivity contribution in [3.8, 4) is 0 Å². The van der Waals surface area contributed by atoms with Crippen molar-refractivity contribution in [2.45, 2.75) is 29.9 Å². The van der Waals surface area contributed by atoms with Crippen molar-refractivity contribution >= 4 is 23.4 Å². The van der Waals surface area contributed by atoms with Gasteiger partial charge < -0.3 is 5.11 Å². The third kappa shape index (κ3) is 4.44. The van der Waals surface area contributed by atoms with Gasteiger partial charge >= 0.3 is 5.97 Å². The van der Waals surface area contributed by atoms with E-state index in [9.17, 15) is 14.9 Å². The number of nitrogens with zero attached hydrogens (tertiary/aromatic N) is 1. The molecule has 0 fully saturated rings. The third-order valence-corrected chi connectivity index (χ3v) is 3.59. The minimum absolute atomic E-state index is 0.00560. The van der Waals surface area contributed by atoms with E-state index in [0.29, 0.717) is 0 Å². The van der Waals surface area contributed by atoms with Gasteiger partial charge in [-0.05, 0) is 18.6 Å². The Hall–Kier alpha value is -1.56. The van der Waals surface area contributed by atoms with Crippen LogP contribution in [0.15, 0.2) is 29.2 Å². The average molecular weight is 255 g/mol. The molecule has 1 aromatic rings. The highest BCUT2D eigenvalue weighted by Gasteiger charge is 2.13. The molecule has 0 bridgehead atoms. The van der Waals surface area contributed by atoms with Crippen LogP contribution in [0.25, 0.3) is 0 Å². The van der Waals surface area contributed by atoms with E-state index < -0.39 is 10.9 Å². The molecule has 6 heteroatoms. The Kier molecular flexibility index (Phi) is 4.96. The molecule has 0 aliphatic rings. The van der Waals surface area contributed by atoms with Crippen molar-refractivity contribution in [3.63, 3.8) is 0 Å². The van der Waals surface area contributed by atoms with E-state index in [0.717, 1.165) is 11.3 Å². The number of carboxylic acids is 1. The van der Waals surface area contributed by atoms with Crippen LogP contribution in [0, 0.1) is 10.1 Å². The van der Waals surface area contributed by atoms with Crippen LogP contribution in [0.5, 0.6) is 0 Å². The summed E-state index contributed by atoms with van der Waals surface area (Å²) in [5, 5.41) is 19.2. The van der Waals surface area contributed by atoms with Gasteiger partial charge in [0.05, 0.1) is 11.3 Å². The number of hydrogen-bond donors (Lipinski definition) is 1. The number of hydrogen-bond acceptors (Lipinski definition) is 4. The molecule has 0 aromatic heterocycles. The number of aliphatic carboxylic acids is 1. The summed E-state index contributed by atoms with van der Waals surface area (Å²) in [5.74, 6) is -0.828. The quantitative estimate of drug-likeness (QED) is 0.480. The number of benzene rings is 1. The van der Waals surface area contributed by atoms with Crippen molar-refractivity contribution in [3.05, 3.63) is 34.4 Å². The van der Waals surface area contributed by atoms with Crippen LogP contribution in [0.1, 0.15) is 19.8 Å². The molecule has 5 nitrogen and oxygen atoms in total. The summed E-state index contributed by atoms with van der Waals surface area (Å²) >= 11 is 1.43. The first-order valence-corrected chi connectivity index (χ1v) is 6.03. The normalized spacial score (nSPS) is 12.1. The summed E-state index contributed by atoms with van der Waals surface area (Å²) in [6.07, 6.45) is 0.839. The molecular formula is C11H13NO4S. The molecule has 92 valence electrons. The number of nitro groups is 1. The van der Waals surface area contributed by atoms with Crippen LogP contribution in [0.3, 0.4) is 0 Å². The van der Waals surface area contributed by atoms with Crippen molar-refractivity contribution in [2.24, 2.45) is 0 Å². The predicted molar refractivity (Wildman–Crippen MR) is 65.3 cm³/mol. The first-order valence-electron chi connectivity index (χ1n) is 5.15. The molecule has 0 saturated carbocycles. The topological polar surface area (TPSA) is 80.4 Å².